The molecule has 122 valence electrons. The van der Waals surface area contributed by atoms with Crippen LogP contribution in [0.2, 0.25) is 8.87 Å². The summed E-state index contributed by atoms with van der Waals surface area (Å²) in [5, 5.41) is 0. The van der Waals surface area contributed by atoms with Crippen molar-refractivity contribution in [1.29, 1.82) is 0 Å². The molecule has 0 aliphatic rings. The van der Waals surface area contributed by atoms with Crippen LogP contribution in [0.15, 0.2) is 0 Å². The van der Waals surface area contributed by atoms with Crippen molar-refractivity contribution in [3.05, 3.63) is 0 Å². The van der Waals surface area contributed by atoms with E-state index in [0.717, 1.165) is 8.87 Å². The Morgan fingerprint density at radius 1 is 0.762 bits per heavy atom. The van der Waals surface area contributed by atoms with Gasteiger partial charge in [-0.15, -0.1) is 0 Å². The molecule has 0 fully saturated rings. The van der Waals surface area contributed by atoms with E-state index in [9.17, 15) is 9.59 Å². The minimum atomic E-state index is -0.675. The maximum absolute atomic E-state index is 11.4. The van der Waals surface area contributed by atoms with Gasteiger partial charge in [0.2, 0.25) is 0 Å². The number of rotatable bonds is 14. The van der Waals surface area contributed by atoms with Crippen molar-refractivity contribution in [2.24, 2.45) is 0 Å². The number of carbonyl (C=O) groups is 2. The van der Waals surface area contributed by atoms with E-state index in [1.807, 2.05) is 13.8 Å². The van der Waals surface area contributed by atoms with Crippen molar-refractivity contribution < 1.29 is 28.5 Å². The molecule has 6 nitrogen and oxygen atoms in total. The van der Waals surface area contributed by atoms with Gasteiger partial charge in [-0.25, -0.2) is 0 Å². The molecule has 0 saturated carbocycles. The van der Waals surface area contributed by atoms with Crippen LogP contribution in [0.25, 0.3) is 0 Å². The summed E-state index contributed by atoms with van der Waals surface area (Å²) in [6.45, 7) is 6.62. The van der Waals surface area contributed by atoms with Crippen molar-refractivity contribution >= 4 is 33.1 Å². The normalized spacial score (nSPS) is 10.4. The van der Waals surface area contributed by atoms with Crippen LogP contribution < -0.4 is 0 Å². The fourth-order valence-electron chi connectivity index (χ4n) is 1.37. The third-order valence-electron chi connectivity index (χ3n) is 2.40. The summed E-state index contributed by atoms with van der Waals surface area (Å²) in [6.07, 6.45) is 0.912. The molecule has 21 heavy (non-hydrogen) atoms. The third kappa shape index (κ3) is 15.9. The van der Waals surface area contributed by atoms with E-state index < -0.39 is 21.1 Å². The van der Waals surface area contributed by atoms with Crippen molar-refractivity contribution in [3.63, 3.8) is 0 Å². The predicted octanol–water partition coefficient (Wildman–Crippen LogP) is 1.47. The molecule has 0 aromatic carbocycles. The fraction of sp³-hybridized carbons (Fsp3) is 0.857. The SMILES string of the molecule is CCOCCOC(=O)C[CH2][Sn][CH2]CC(=O)OCCOCC. The van der Waals surface area contributed by atoms with Crippen LogP contribution in [-0.4, -0.2) is 72.7 Å². The zero-order valence-corrected chi connectivity index (χ0v) is 15.9. The molecule has 0 heterocycles. The summed E-state index contributed by atoms with van der Waals surface area (Å²) in [6, 6.07) is 0. The number of hydrogen-bond donors (Lipinski definition) is 0. The van der Waals surface area contributed by atoms with Gasteiger partial charge in [0, 0.05) is 0 Å². The van der Waals surface area contributed by atoms with E-state index in [2.05, 4.69) is 0 Å². The van der Waals surface area contributed by atoms with Crippen LogP contribution in [0.3, 0.4) is 0 Å². The Kier molecular flexibility index (Phi) is 15.8. The van der Waals surface area contributed by atoms with Gasteiger partial charge in [-0.3, -0.25) is 0 Å². The van der Waals surface area contributed by atoms with Crippen LogP contribution in [0, 0.1) is 0 Å². The second-order valence-corrected chi connectivity index (χ2v) is 8.37. The summed E-state index contributed by atoms with van der Waals surface area (Å²) in [5.41, 5.74) is 0. The second kappa shape index (κ2) is 16.0. The van der Waals surface area contributed by atoms with Crippen LogP contribution >= 0.6 is 0 Å². The van der Waals surface area contributed by atoms with E-state index in [4.69, 9.17) is 18.9 Å². The van der Waals surface area contributed by atoms with Crippen LogP contribution in [0.5, 0.6) is 0 Å². The Morgan fingerprint density at radius 2 is 1.19 bits per heavy atom. The van der Waals surface area contributed by atoms with E-state index in [1.54, 1.807) is 0 Å². The molecule has 7 heteroatoms. The first-order valence-electron chi connectivity index (χ1n) is 7.38. The van der Waals surface area contributed by atoms with Crippen molar-refractivity contribution in [2.45, 2.75) is 35.6 Å². The van der Waals surface area contributed by atoms with Gasteiger partial charge in [0.25, 0.3) is 0 Å². The molecule has 2 radical (unpaired) electrons. The first-order valence-corrected chi connectivity index (χ1v) is 11.4. The maximum atomic E-state index is 11.4. The molecule has 0 unspecified atom stereocenters. The average molecular weight is 409 g/mol. The van der Waals surface area contributed by atoms with Gasteiger partial charge >= 0.3 is 137 Å². The quantitative estimate of drug-likeness (QED) is 0.246. The summed E-state index contributed by atoms with van der Waals surface area (Å²) in [5.74, 6) is -0.343. The zero-order valence-electron chi connectivity index (χ0n) is 13.0. The first-order chi connectivity index (χ1) is 10.2. The van der Waals surface area contributed by atoms with Gasteiger partial charge in [0.05, 0.1) is 0 Å². The van der Waals surface area contributed by atoms with E-state index in [-0.39, 0.29) is 11.9 Å². The zero-order chi connectivity index (χ0) is 15.8. The van der Waals surface area contributed by atoms with Gasteiger partial charge in [-0.05, 0) is 0 Å². The van der Waals surface area contributed by atoms with E-state index in [1.165, 1.54) is 0 Å². The second-order valence-electron chi connectivity index (χ2n) is 4.08. The van der Waals surface area contributed by atoms with Gasteiger partial charge in [0.1, 0.15) is 0 Å². The molecule has 0 atom stereocenters. The Hall–Kier alpha value is -0.341. The van der Waals surface area contributed by atoms with Crippen LogP contribution in [-0.2, 0) is 28.5 Å². The number of carbonyl (C=O) groups excluding carboxylic acids is 2. The molecule has 0 spiro atoms. The van der Waals surface area contributed by atoms with E-state index >= 15 is 0 Å². The molecule has 0 saturated heterocycles. The molecule has 0 aromatic heterocycles. The monoisotopic (exact) mass is 410 g/mol. The molecule has 0 aliphatic carbocycles. The summed E-state index contributed by atoms with van der Waals surface area (Å²) < 4.78 is 21.9. The summed E-state index contributed by atoms with van der Waals surface area (Å²) in [7, 11) is 0. The fourth-order valence-corrected chi connectivity index (χ4v) is 4.26. The van der Waals surface area contributed by atoms with Crippen LogP contribution in [0.1, 0.15) is 26.7 Å². The molecule has 0 N–H and O–H groups in total. The van der Waals surface area contributed by atoms with Crippen LogP contribution in [0.4, 0.5) is 0 Å². The molecule has 0 aromatic rings. The number of ether oxygens (including phenoxy) is 4. The molecule has 0 bridgehead atoms. The molecular weight excluding hydrogens is 383 g/mol. The predicted molar refractivity (Wildman–Crippen MR) is 79.5 cm³/mol. The minimum absolute atomic E-state index is 0.171. The summed E-state index contributed by atoms with van der Waals surface area (Å²) in [4.78, 5) is 22.7. The van der Waals surface area contributed by atoms with Crippen molar-refractivity contribution in [1.82, 2.24) is 0 Å². The average Bonchev–Trinajstić information content (AvgIpc) is 2.48. The number of hydrogen-bond acceptors (Lipinski definition) is 6. The van der Waals surface area contributed by atoms with Crippen molar-refractivity contribution in [2.75, 3.05) is 39.6 Å². The topological polar surface area (TPSA) is 71.1 Å². The first kappa shape index (κ1) is 20.7. The number of esters is 2. The molecule has 0 rings (SSSR count). The molecular formula is C14H26O6Sn. The molecule has 0 aliphatic heterocycles. The standard InChI is InChI=1S/2C7H13O3.Sn/c2*1-3-7(8)10-6-5-9-4-2;/h2*1,3-6H2,2H3;. The summed E-state index contributed by atoms with van der Waals surface area (Å²) >= 11 is -0.675. The Balaban J connectivity index is 3.30. The van der Waals surface area contributed by atoms with Gasteiger partial charge in [0.15, 0.2) is 0 Å². The molecule has 0 amide bonds. The van der Waals surface area contributed by atoms with E-state index in [0.29, 0.717) is 52.5 Å². The Bertz CT molecular complexity index is 246. The Labute approximate surface area is 137 Å². The van der Waals surface area contributed by atoms with Gasteiger partial charge in [-0.2, -0.15) is 0 Å². The van der Waals surface area contributed by atoms with Gasteiger partial charge < -0.3 is 0 Å². The third-order valence-corrected chi connectivity index (χ3v) is 5.85. The Morgan fingerprint density at radius 3 is 1.57 bits per heavy atom. The van der Waals surface area contributed by atoms with Crippen molar-refractivity contribution in [3.8, 4) is 0 Å². The van der Waals surface area contributed by atoms with Gasteiger partial charge in [-0.1, -0.05) is 0 Å².